The molecule has 1 saturated heterocycles. The molecule has 0 atom stereocenters. The van der Waals surface area contributed by atoms with E-state index in [-0.39, 0.29) is 0 Å². The lowest BCUT2D eigenvalue weighted by Crippen LogP contribution is -2.54. The summed E-state index contributed by atoms with van der Waals surface area (Å²) >= 11 is 0. The van der Waals surface area contributed by atoms with Crippen LogP contribution >= 0.6 is 0 Å². The number of nitrogens with zero attached hydrogens (tertiary/aromatic N) is 1. The first-order valence-electron chi connectivity index (χ1n) is 9.23. The maximum atomic E-state index is 3.87. The lowest BCUT2D eigenvalue weighted by Gasteiger charge is -2.37. The first-order valence-corrected chi connectivity index (χ1v) is 18.2. The Kier molecular flexibility index (Phi) is 4.82. The highest BCUT2D eigenvalue weighted by Crippen LogP contribution is 2.40. The van der Waals surface area contributed by atoms with Gasteiger partial charge >= 0.3 is 0 Å². The second-order valence-electron chi connectivity index (χ2n) is 8.89. The molecule has 24 heavy (non-hydrogen) atoms. The zero-order valence-corrected chi connectivity index (χ0v) is 18.8. The van der Waals surface area contributed by atoms with Gasteiger partial charge in [-0.2, -0.15) is 0 Å². The van der Waals surface area contributed by atoms with Gasteiger partial charge in [-0.25, -0.2) is 0 Å². The fourth-order valence-corrected chi connectivity index (χ4v) is 21.4. The second kappa shape index (κ2) is 6.45. The Labute approximate surface area is 151 Å². The third-order valence-electron chi connectivity index (χ3n) is 6.29. The number of rotatable bonds is 3. The van der Waals surface area contributed by atoms with Crippen LogP contribution in [-0.4, -0.2) is 35.3 Å². The summed E-state index contributed by atoms with van der Waals surface area (Å²) in [5, 5.41) is 0. The highest BCUT2D eigenvalue weighted by molar-refractivity contribution is 6.95. The van der Waals surface area contributed by atoms with E-state index in [1.807, 2.05) is 0 Å². The van der Waals surface area contributed by atoms with Crippen LogP contribution in [-0.2, 0) is 0 Å². The summed E-state index contributed by atoms with van der Waals surface area (Å²) in [5.41, 5.74) is 4.97. The molecule has 0 saturated carbocycles. The van der Waals surface area contributed by atoms with Crippen molar-refractivity contribution < 1.29 is 0 Å². The van der Waals surface area contributed by atoms with Gasteiger partial charge in [0.05, 0.1) is 0 Å². The van der Waals surface area contributed by atoms with E-state index in [4.69, 9.17) is 0 Å². The van der Waals surface area contributed by atoms with Crippen LogP contribution in [0.15, 0.2) is 48.6 Å². The lowest BCUT2D eigenvalue weighted by atomic mass is 10.4. The predicted molar refractivity (Wildman–Crippen MR) is 115 cm³/mol. The van der Waals surface area contributed by atoms with Crippen molar-refractivity contribution in [2.75, 3.05) is 6.54 Å². The fourth-order valence-electron chi connectivity index (χ4n) is 4.49. The molecule has 128 valence electrons. The van der Waals surface area contributed by atoms with Crippen molar-refractivity contribution in [2.24, 2.45) is 0 Å². The van der Waals surface area contributed by atoms with Gasteiger partial charge in [-0.3, -0.25) is 0 Å². The Balaban J connectivity index is 1.83. The van der Waals surface area contributed by atoms with Crippen molar-refractivity contribution in [3.8, 4) is 11.5 Å². The predicted octanol–water partition coefficient (Wildman–Crippen LogP) is 5.33. The highest BCUT2D eigenvalue weighted by atomic mass is 28.4. The molecule has 3 rings (SSSR count). The van der Waals surface area contributed by atoms with Crippen molar-refractivity contribution in [1.29, 1.82) is 0 Å². The third-order valence-corrected chi connectivity index (χ3v) is 20.9. The Morgan fingerprint density at radius 3 is 1.71 bits per heavy atom. The summed E-state index contributed by atoms with van der Waals surface area (Å²) in [5.74, 6) is 3.70. The van der Waals surface area contributed by atoms with E-state index in [0.29, 0.717) is 11.1 Å². The highest BCUT2D eigenvalue weighted by Gasteiger charge is 2.47. The average molecular weight is 370 g/mol. The van der Waals surface area contributed by atoms with Crippen LogP contribution in [0.3, 0.4) is 0 Å². The molecule has 0 aromatic carbocycles. The monoisotopic (exact) mass is 369 g/mol. The lowest BCUT2D eigenvalue weighted by molar-refractivity contribution is 0.715. The van der Waals surface area contributed by atoms with E-state index >= 15 is 0 Å². The summed E-state index contributed by atoms with van der Waals surface area (Å²) in [6.07, 6.45) is 18.3. The molecule has 1 nitrogen and oxygen atoms in total. The Morgan fingerprint density at radius 1 is 0.875 bits per heavy atom. The molecule has 0 unspecified atom stereocenters. The van der Waals surface area contributed by atoms with Crippen LogP contribution in [0.25, 0.3) is 0 Å². The van der Waals surface area contributed by atoms with Crippen LogP contribution in [0.4, 0.5) is 0 Å². The quantitative estimate of drug-likeness (QED) is 0.480. The van der Waals surface area contributed by atoms with Gasteiger partial charge in [0, 0.05) is 17.6 Å². The first kappa shape index (κ1) is 17.9. The molecule has 4 heteroatoms. The van der Waals surface area contributed by atoms with E-state index in [9.17, 15) is 0 Å². The van der Waals surface area contributed by atoms with E-state index in [2.05, 4.69) is 97.0 Å². The SMILES string of the molecule is C[Si](C#CCN1[Si](C)(C)CC[Si]1(C)C)(C1C=CC=C1)C1C=CC=C1. The molecule has 0 aromatic rings. The normalized spacial score (nSPS) is 25.5. The van der Waals surface area contributed by atoms with Crippen LogP contribution in [0.5, 0.6) is 0 Å². The maximum Gasteiger partial charge on any atom is 0.156 e. The van der Waals surface area contributed by atoms with Crippen molar-refractivity contribution >= 4 is 24.5 Å². The molecular weight excluding hydrogens is 338 g/mol. The molecule has 1 aliphatic heterocycles. The van der Waals surface area contributed by atoms with Crippen molar-refractivity contribution in [1.82, 2.24) is 4.23 Å². The Morgan fingerprint density at radius 2 is 1.29 bits per heavy atom. The standard InChI is InChI=1S/C20H31NSi3/c1-22(2)17-18-23(3,4)21(22)15-10-16-24(5,19-11-6-7-12-19)20-13-8-9-14-20/h6-9,11-14,19-20H,15,17-18H2,1-5H3. The summed E-state index contributed by atoms with van der Waals surface area (Å²) in [6.45, 7) is 13.7. The molecule has 1 fully saturated rings. The molecule has 0 N–H and O–H groups in total. The molecule has 0 bridgehead atoms. The van der Waals surface area contributed by atoms with Gasteiger partial charge in [0.25, 0.3) is 0 Å². The third kappa shape index (κ3) is 3.28. The summed E-state index contributed by atoms with van der Waals surface area (Å²) in [4.78, 5) is 0. The minimum Gasteiger partial charge on any atom is -0.335 e. The topological polar surface area (TPSA) is 3.24 Å². The second-order valence-corrected chi connectivity index (χ2v) is 22.8. The molecule has 1 heterocycles. The Bertz CT molecular complexity index is 605. The van der Waals surface area contributed by atoms with E-state index in [1.165, 1.54) is 12.1 Å². The van der Waals surface area contributed by atoms with Crippen molar-refractivity contribution in [3.63, 3.8) is 0 Å². The summed E-state index contributed by atoms with van der Waals surface area (Å²) < 4.78 is 2.89. The average Bonchev–Trinajstić information content (AvgIpc) is 3.24. The van der Waals surface area contributed by atoms with E-state index < -0.39 is 24.5 Å². The molecule has 0 aromatic heterocycles. The minimum absolute atomic E-state index is 0.552. The van der Waals surface area contributed by atoms with Crippen LogP contribution < -0.4 is 0 Å². The van der Waals surface area contributed by atoms with E-state index in [0.717, 1.165) is 6.54 Å². The van der Waals surface area contributed by atoms with Crippen LogP contribution in [0.2, 0.25) is 55.9 Å². The van der Waals surface area contributed by atoms with Gasteiger partial charge in [-0.05, 0) is 12.1 Å². The molecular formula is C20H31NSi3. The van der Waals surface area contributed by atoms with Crippen molar-refractivity contribution in [2.45, 2.75) is 55.9 Å². The number of hydrogen-bond acceptors (Lipinski definition) is 1. The van der Waals surface area contributed by atoms with Gasteiger partial charge < -0.3 is 4.23 Å². The fraction of sp³-hybridized carbons (Fsp3) is 0.500. The minimum atomic E-state index is -1.75. The molecule has 0 amide bonds. The molecule has 2 aliphatic carbocycles. The molecule has 0 spiro atoms. The van der Waals surface area contributed by atoms with Gasteiger partial charge in [0.1, 0.15) is 16.5 Å². The van der Waals surface area contributed by atoms with E-state index in [1.54, 1.807) is 0 Å². The summed E-state index contributed by atoms with van der Waals surface area (Å²) in [7, 11) is -4.18. The van der Waals surface area contributed by atoms with Crippen molar-refractivity contribution in [3.05, 3.63) is 48.6 Å². The number of allylic oxidation sites excluding steroid dienone is 8. The Hall–Kier alpha value is -0.869. The molecule has 0 radical (unpaired) electrons. The van der Waals surface area contributed by atoms with Crippen LogP contribution in [0.1, 0.15) is 0 Å². The summed E-state index contributed by atoms with van der Waals surface area (Å²) in [6, 6.07) is 2.93. The van der Waals surface area contributed by atoms with Gasteiger partial charge in [0.15, 0.2) is 8.07 Å². The van der Waals surface area contributed by atoms with Gasteiger partial charge in [-0.1, -0.05) is 87.3 Å². The maximum absolute atomic E-state index is 3.87. The zero-order valence-electron chi connectivity index (χ0n) is 15.8. The smallest absolute Gasteiger partial charge is 0.156 e. The zero-order chi connectivity index (χ0) is 17.4. The first-order chi connectivity index (χ1) is 11.3. The number of hydrogen-bond donors (Lipinski definition) is 0. The molecule has 3 aliphatic rings. The van der Waals surface area contributed by atoms with Crippen LogP contribution in [0, 0.1) is 11.5 Å². The van der Waals surface area contributed by atoms with Gasteiger partial charge in [-0.15, -0.1) is 5.54 Å². The largest absolute Gasteiger partial charge is 0.335 e. The van der Waals surface area contributed by atoms with Gasteiger partial charge in [0.2, 0.25) is 0 Å².